The standard InChI is InChI=1S/C16H18N2O2S.C9H17NS/c1-11(19)15-10-21-16-9-18(4-3-14(15)16)8-12-5-13(20-2)7-17-6-12;1-5-7(11)6-8(10)9(2,3)4/h5-7,10H,3-4,8-9H2,1-2H3;6H,5,10H2,1-4H3/b;8-6-. The third kappa shape index (κ3) is 7.50. The smallest absolute Gasteiger partial charge is 0.160 e. The molecule has 0 amide bonds. The Morgan fingerprint density at radius 2 is 2.09 bits per heavy atom. The Hall–Kier alpha value is -2.09. The fourth-order valence-electron chi connectivity index (χ4n) is 3.22. The summed E-state index contributed by atoms with van der Waals surface area (Å²) in [5.74, 6) is 0.970. The van der Waals surface area contributed by atoms with Crippen LogP contribution >= 0.6 is 23.6 Å². The Morgan fingerprint density at radius 3 is 2.69 bits per heavy atom. The zero-order valence-electron chi connectivity index (χ0n) is 20.0. The van der Waals surface area contributed by atoms with E-state index in [0.29, 0.717) is 0 Å². The van der Waals surface area contributed by atoms with Crippen LogP contribution in [0.4, 0.5) is 0 Å². The van der Waals surface area contributed by atoms with Crippen LogP contribution in [0.1, 0.15) is 67.4 Å². The normalized spacial score (nSPS) is 14.2. The predicted octanol–water partition coefficient (Wildman–Crippen LogP) is 5.57. The number of ether oxygens (including phenoxy) is 1. The van der Waals surface area contributed by atoms with E-state index in [-0.39, 0.29) is 11.2 Å². The van der Waals surface area contributed by atoms with Crippen LogP contribution in [0.25, 0.3) is 0 Å². The zero-order chi connectivity index (χ0) is 23.9. The SMILES string of the molecule is CCC(=S)/C=C(\N)C(C)(C)C.COc1cncc(CN2CCc3c(C(C)=O)csc3C2)c1. The van der Waals surface area contributed by atoms with Crippen LogP contribution in [0.2, 0.25) is 0 Å². The average molecular weight is 474 g/mol. The van der Waals surface area contributed by atoms with E-state index in [0.717, 1.165) is 59.9 Å². The number of nitrogens with two attached hydrogens (primary N) is 1. The van der Waals surface area contributed by atoms with E-state index in [4.69, 9.17) is 22.7 Å². The van der Waals surface area contributed by atoms with Crippen molar-refractivity contribution in [3.05, 3.63) is 57.2 Å². The minimum Gasteiger partial charge on any atom is -0.495 e. The van der Waals surface area contributed by atoms with Gasteiger partial charge in [-0.2, -0.15) is 0 Å². The van der Waals surface area contributed by atoms with Gasteiger partial charge in [0, 0.05) is 57.6 Å². The summed E-state index contributed by atoms with van der Waals surface area (Å²) in [5, 5.41) is 2.00. The summed E-state index contributed by atoms with van der Waals surface area (Å²) in [7, 11) is 1.66. The van der Waals surface area contributed by atoms with Gasteiger partial charge in [-0.3, -0.25) is 14.7 Å². The maximum Gasteiger partial charge on any atom is 0.160 e. The quantitative estimate of drug-likeness (QED) is 0.336. The van der Waals surface area contributed by atoms with Gasteiger partial charge in [0.15, 0.2) is 5.78 Å². The van der Waals surface area contributed by atoms with Crippen LogP contribution in [-0.4, -0.2) is 34.2 Å². The number of rotatable bonds is 6. The maximum atomic E-state index is 11.6. The number of ketones is 1. The number of nitrogens with zero attached hydrogens (tertiary/aromatic N) is 2. The molecule has 5 nitrogen and oxygen atoms in total. The van der Waals surface area contributed by atoms with Gasteiger partial charge in [-0.05, 0) is 43.0 Å². The third-order valence-electron chi connectivity index (χ3n) is 5.35. The molecule has 1 aliphatic rings. The van der Waals surface area contributed by atoms with Gasteiger partial charge in [0.25, 0.3) is 0 Å². The Morgan fingerprint density at radius 1 is 1.38 bits per heavy atom. The lowest BCUT2D eigenvalue weighted by atomic mass is 9.91. The number of fused-ring (bicyclic) bond motifs is 1. The van der Waals surface area contributed by atoms with Crippen molar-refractivity contribution in [1.29, 1.82) is 0 Å². The number of hydrogen-bond donors (Lipinski definition) is 1. The maximum absolute atomic E-state index is 11.6. The molecule has 2 N–H and O–H groups in total. The van der Waals surface area contributed by atoms with Crippen molar-refractivity contribution >= 4 is 34.2 Å². The molecule has 32 heavy (non-hydrogen) atoms. The number of hydrogen-bond acceptors (Lipinski definition) is 7. The molecular formula is C25H35N3O2S2. The van der Waals surface area contributed by atoms with E-state index in [9.17, 15) is 4.79 Å². The Labute approximate surface area is 201 Å². The van der Waals surface area contributed by atoms with Gasteiger partial charge < -0.3 is 10.5 Å². The van der Waals surface area contributed by atoms with E-state index in [1.54, 1.807) is 31.6 Å². The zero-order valence-corrected chi connectivity index (χ0v) is 21.7. The van der Waals surface area contributed by atoms with Crippen LogP contribution in [0.15, 0.2) is 35.6 Å². The van der Waals surface area contributed by atoms with Crippen molar-refractivity contribution in [1.82, 2.24) is 9.88 Å². The molecule has 0 aliphatic carbocycles. The molecule has 0 atom stereocenters. The predicted molar refractivity (Wildman–Crippen MR) is 138 cm³/mol. The number of allylic oxidation sites excluding steroid dienone is 2. The number of carbonyl (C=O) groups excluding carboxylic acids is 1. The fraction of sp³-hybridized carbons (Fsp3) is 0.480. The van der Waals surface area contributed by atoms with Gasteiger partial charge in [-0.15, -0.1) is 11.3 Å². The molecule has 0 radical (unpaired) electrons. The van der Waals surface area contributed by atoms with E-state index in [2.05, 4.69) is 30.7 Å². The Kier molecular flexibility index (Phi) is 9.55. The lowest BCUT2D eigenvalue weighted by molar-refractivity contribution is 0.101. The number of thiocarbonyl (C=S) groups is 1. The van der Waals surface area contributed by atoms with Gasteiger partial charge in [0.1, 0.15) is 5.75 Å². The lowest BCUT2D eigenvalue weighted by Gasteiger charge is -2.27. The van der Waals surface area contributed by atoms with E-state index in [1.165, 1.54) is 10.4 Å². The van der Waals surface area contributed by atoms with Crippen molar-refractivity contribution in [3.63, 3.8) is 0 Å². The second kappa shape index (κ2) is 11.7. The summed E-state index contributed by atoms with van der Waals surface area (Å²) < 4.78 is 5.21. The van der Waals surface area contributed by atoms with E-state index >= 15 is 0 Å². The largest absolute Gasteiger partial charge is 0.495 e. The summed E-state index contributed by atoms with van der Waals surface area (Å²) in [4.78, 5) is 20.4. The van der Waals surface area contributed by atoms with Crippen molar-refractivity contribution in [2.75, 3.05) is 13.7 Å². The molecule has 0 unspecified atom stereocenters. The van der Waals surface area contributed by atoms with Crippen LogP contribution in [0.3, 0.4) is 0 Å². The van der Waals surface area contributed by atoms with Crippen LogP contribution in [-0.2, 0) is 19.5 Å². The van der Waals surface area contributed by atoms with Crippen LogP contribution < -0.4 is 10.5 Å². The summed E-state index contributed by atoms with van der Waals surface area (Å²) >= 11 is 6.74. The summed E-state index contributed by atoms with van der Waals surface area (Å²) in [6.07, 6.45) is 7.34. The highest BCUT2D eigenvalue weighted by Gasteiger charge is 2.22. The van der Waals surface area contributed by atoms with Gasteiger partial charge >= 0.3 is 0 Å². The molecular weight excluding hydrogens is 438 g/mol. The second-order valence-corrected chi connectivity index (χ2v) is 10.5. The molecule has 7 heteroatoms. The molecule has 0 saturated carbocycles. The lowest BCUT2D eigenvalue weighted by Crippen LogP contribution is -2.29. The van der Waals surface area contributed by atoms with Gasteiger partial charge in [-0.25, -0.2) is 0 Å². The molecule has 0 saturated heterocycles. The topological polar surface area (TPSA) is 68.5 Å². The summed E-state index contributed by atoms with van der Waals surface area (Å²) in [6.45, 7) is 12.7. The number of aromatic nitrogens is 1. The molecule has 0 fully saturated rings. The molecule has 1 aliphatic heterocycles. The third-order valence-corrected chi connectivity index (χ3v) is 6.77. The van der Waals surface area contributed by atoms with Gasteiger partial charge in [-0.1, -0.05) is 39.9 Å². The van der Waals surface area contributed by atoms with E-state index in [1.807, 2.05) is 30.6 Å². The van der Waals surface area contributed by atoms with Crippen LogP contribution in [0.5, 0.6) is 5.75 Å². The highest BCUT2D eigenvalue weighted by atomic mass is 32.1. The molecule has 3 rings (SSSR count). The molecule has 2 aromatic rings. The first kappa shape index (κ1) is 26.2. The Bertz CT molecular complexity index is 974. The number of methoxy groups -OCH3 is 1. The van der Waals surface area contributed by atoms with E-state index < -0.39 is 0 Å². The number of Topliss-reactive ketones (excluding diaryl/α,β-unsaturated/α-hetero) is 1. The van der Waals surface area contributed by atoms with Crippen molar-refractivity contribution in [3.8, 4) is 5.75 Å². The first-order valence-corrected chi connectivity index (χ1v) is 12.1. The van der Waals surface area contributed by atoms with Crippen molar-refractivity contribution in [2.45, 2.75) is 60.5 Å². The highest BCUT2D eigenvalue weighted by molar-refractivity contribution is 7.80. The minimum atomic E-state index is 0.0409. The number of thiophene rings is 1. The Balaban J connectivity index is 0.000000282. The van der Waals surface area contributed by atoms with Crippen molar-refractivity contribution < 1.29 is 9.53 Å². The number of carbonyl (C=O) groups is 1. The van der Waals surface area contributed by atoms with Gasteiger partial charge in [0.2, 0.25) is 0 Å². The monoisotopic (exact) mass is 473 g/mol. The summed E-state index contributed by atoms with van der Waals surface area (Å²) in [6, 6.07) is 2.03. The highest BCUT2D eigenvalue weighted by Crippen LogP contribution is 2.29. The molecule has 174 valence electrons. The first-order valence-electron chi connectivity index (χ1n) is 10.9. The minimum absolute atomic E-state index is 0.0409. The van der Waals surface area contributed by atoms with Crippen molar-refractivity contribution in [2.24, 2.45) is 11.1 Å². The number of pyridine rings is 1. The molecule has 3 heterocycles. The second-order valence-electron chi connectivity index (χ2n) is 8.97. The summed E-state index contributed by atoms with van der Waals surface area (Å²) in [5.41, 5.74) is 10.0. The van der Waals surface area contributed by atoms with Crippen LogP contribution in [0, 0.1) is 5.41 Å². The molecule has 2 aromatic heterocycles. The van der Waals surface area contributed by atoms with Gasteiger partial charge in [0.05, 0.1) is 13.3 Å². The molecule has 0 aromatic carbocycles. The molecule has 0 spiro atoms. The average Bonchev–Trinajstić information content (AvgIpc) is 3.17. The molecule has 0 bridgehead atoms. The first-order chi connectivity index (χ1) is 15.0. The fourth-order valence-corrected chi connectivity index (χ4v) is 4.53.